The Labute approximate surface area is 430 Å². The van der Waals surface area contributed by atoms with Crippen molar-refractivity contribution in [3.05, 3.63) is 97.2 Å². The number of hydrogen-bond donors (Lipinski definition) is 2. The fourth-order valence-electron chi connectivity index (χ4n) is 8.49. The second-order valence-electron chi connectivity index (χ2n) is 19.1. The zero-order chi connectivity index (χ0) is 51.8. The van der Waals surface area contributed by atoms with Crippen molar-refractivity contribution >= 4 is 29.8 Å². The van der Waals surface area contributed by atoms with E-state index < -0.39 is 47.7 Å². The molecule has 0 aliphatic heterocycles. The summed E-state index contributed by atoms with van der Waals surface area (Å²) in [4.78, 5) is 62.5. The van der Waals surface area contributed by atoms with Gasteiger partial charge in [0.2, 0.25) is 0 Å². The van der Waals surface area contributed by atoms with Crippen LogP contribution in [0.5, 0.6) is 0 Å². The molecule has 0 radical (unpaired) electrons. The van der Waals surface area contributed by atoms with Gasteiger partial charge in [-0.1, -0.05) is 214 Å². The summed E-state index contributed by atoms with van der Waals surface area (Å²) in [6.45, 7) is 6.10. The van der Waals surface area contributed by atoms with Crippen LogP contribution in [0.25, 0.3) is 0 Å². The molecule has 2 N–H and O–H groups in total. The van der Waals surface area contributed by atoms with Crippen LogP contribution in [-0.2, 0) is 38.2 Å². The third-order valence-corrected chi connectivity index (χ3v) is 12.7. The van der Waals surface area contributed by atoms with Crippen LogP contribution in [0.4, 0.5) is 0 Å². The molecule has 1 aliphatic carbocycles. The van der Waals surface area contributed by atoms with Crippen molar-refractivity contribution < 1.29 is 48.4 Å². The number of unbranched alkanes of at least 4 members (excludes halogenated alkanes) is 20. The fraction of sp³-hybridized carbons (Fsp3) is 0.656. The van der Waals surface area contributed by atoms with Gasteiger partial charge in [-0.25, -0.2) is 0 Å². The van der Waals surface area contributed by atoms with E-state index in [0.29, 0.717) is 19.3 Å². The molecule has 0 aromatic carbocycles. The number of ether oxygens (including phenoxy) is 3. The summed E-state index contributed by atoms with van der Waals surface area (Å²) in [5.41, 5.74) is 0. The Kier molecular flexibility index (Phi) is 42.0. The number of carboxylic acid groups (broad SMARTS) is 2. The molecule has 400 valence electrons. The van der Waals surface area contributed by atoms with Crippen molar-refractivity contribution in [2.24, 2.45) is 23.7 Å². The Balaban J connectivity index is 2.48. The zero-order valence-corrected chi connectivity index (χ0v) is 44.4. The second kappa shape index (κ2) is 46.3. The predicted molar refractivity (Wildman–Crippen MR) is 290 cm³/mol. The van der Waals surface area contributed by atoms with Crippen LogP contribution < -0.4 is 0 Å². The van der Waals surface area contributed by atoms with Crippen LogP contribution in [0.1, 0.15) is 213 Å². The molecule has 1 rings (SSSR count). The number of esters is 3. The van der Waals surface area contributed by atoms with Gasteiger partial charge in [0.25, 0.3) is 0 Å². The van der Waals surface area contributed by atoms with Gasteiger partial charge in [-0.05, 0) is 83.0 Å². The molecule has 0 amide bonds. The van der Waals surface area contributed by atoms with Gasteiger partial charge in [-0.15, -0.1) is 0 Å². The van der Waals surface area contributed by atoms with Gasteiger partial charge in [0.15, 0.2) is 6.10 Å². The topological polar surface area (TPSA) is 154 Å². The number of carboxylic acids is 2. The molecule has 5 atom stereocenters. The molecule has 0 aromatic heterocycles. The van der Waals surface area contributed by atoms with Crippen molar-refractivity contribution in [1.29, 1.82) is 0 Å². The summed E-state index contributed by atoms with van der Waals surface area (Å²) < 4.78 is 16.7. The highest BCUT2D eigenvalue weighted by Crippen LogP contribution is 2.38. The molecule has 0 saturated carbocycles. The van der Waals surface area contributed by atoms with Gasteiger partial charge in [0, 0.05) is 25.2 Å². The molecule has 0 bridgehead atoms. The Morgan fingerprint density at radius 1 is 0.437 bits per heavy atom. The molecule has 0 fully saturated rings. The van der Waals surface area contributed by atoms with Crippen LogP contribution in [0, 0.1) is 23.7 Å². The van der Waals surface area contributed by atoms with Crippen molar-refractivity contribution in [2.75, 3.05) is 13.2 Å². The minimum Gasteiger partial charge on any atom is -0.481 e. The highest BCUT2D eigenvalue weighted by atomic mass is 16.6. The standard InChI is InChI=1S/C61H96O10/c1-4-7-10-12-14-16-18-20-22-24-26-28-32-36-40-45-55(62)69-50-54(71-57(64)47-42-38-33-29-27-25-23-21-19-17-15-13-11-8-5-2)51-70-56(63)46-41-37-34-30-31-35-39-44-53-49-48-52(43-9-6-3)58(60(65)66)59(53)61(67)68/h12-23,39,44,48-49,52-54,58-59H,4-11,24-38,40-43,45-47,50-51H2,1-3H3,(H,65,66)(H,67,68)/b14-12+,15-13+,18-16+,19-17+,22-20+,23-21+,44-39+/t52-,53+,54+,58-,59+/m0/s1. The molecule has 0 unspecified atom stereocenters. The van der Waals surface area contributed by atoms with E-state index in [9.17, 15) is 34.2 Å². The van der Waals surface area contributed by atoms with Gasteiger partial charge >= 0.3 is 29.8 Å². The van der Waals surface area contributed by atoms with Crippen LogP contribution in [0.3, 0.4) is 0 Å². The molecule has 0 aromatic rings. The van der Waals surface area contributed by atoms with E-state index >= 15 is 0 Å². The second-order valence-corrected chi connectivity index (χ2v) is 19.1. The maximum absolute atomic E-state index is 12.9. The minimum atomic E-state index is -1.07. The Morgan fingerprint density at radius 3 is 1.24 bits per heavy atom. The first-order chi connectivity index (χ1) is 34.6. The lowest BCUT2D eigenvalue weighted by atomic mass is 9.69. The molecular formula is C61H96O10. The van der Waals surface area contributed by atoms with Crippen molar-refractivity contribution in [3.8, 4) is 0 Å². The van der Waals surface area contributed by atoms with E-state index in [-0.39, 0.29) is 44.4 Å². The number of aliphatic carboxylic acids is 2. The van der Waals surface area contributed by atoms with Gasteiger partial charge in [-0.3, -0.25) is 24.0 Å². The van der Waals surface area contributed by atoms with Gasteiger partial charge in [0.05, 0.1) is 11.8 Å². The normalized spacial score (nSPS) is 17.8. The van der Waals surface area contributed by atoms with E-state index in [1.165, 1.54) is 25.7 Å². The smallest absolute Gasteiger partial charge is 0.308 e. The van der Waals surface area contributed by atoms with Crippen molar-refractivity contribution in [3.63, 3.8) is 0 Å². The van der Waals surface area contributed by atoms with Crippen LogP contribution in [-0.4, -0.2) is 59.4 Å². The molecular weight excluding hydrogens is 893 g/mol. The summed E-state index contributed by atoms with van der Waals surface area (Å²) in [6.07, 6.45) is 59.2. The quantitative estimate of drug-likeness (QED) is 0.0198. The lowest BCUT2D eigenvalue weighted by Crippen LogP contribution is -2.41. The van der Waals surface area contributed by atoms with E-state index in [1.54, 1.807) is 0 Å². The first-order valence-corrected chi connectivity index (χ1v) is 27.9. The molecule has 0 saturated heterocycles. The zero-order valence-electron chi connectivity index (χ0n) is 44.4. The highest BCUT2D eigenvalue weighted by molar-refractivity contribution is 5.81. The summed E-state index contributed by atoms with van der Waals surface area (Å²) >= 11 is 0. The third kappa shape index (κ3) is 36.8. The number of allylic oxidation sites excluding steroid dienone is 16. The summed E-state index contributed by atoms with van der Waals surface area (Å²) in [5, 5.41) is 19.9. The van der Waals surface area contributed by atoms with Gasteiger partial charge < -0.3 is 24.4 Å². The first kappa shape index (κ1) is 64.3. The molecule has 0 heterocycles. The Bertz CT molecular complexity index is 1650. The minimum absolute atomic E-state index is 0.160. The average Bonchev–Trinajstić information content (AvgIpc) is 3.35. The summed E-state index contributed by atoms with van der Waals surface area (Å²) in [6, 6.07) is 0. The molecule has 71 heavy (non-hydrogen) atoms. The average molecular weight is 989 g/mol. The van der Waals surface area contributed by atoms with Crippen LogP contribution in [0.2, 0.25) is 0 Å². The molecule has 10 heteroatoms. The lowest BCUT2D eigenvalue weighted by molar-refractivity contribution is -0.167. The van der Waals surface area contributed by atoms with Gasteiger partial charge in [-0.2, -0.15) is 0 Å². The van der Waals surface area contributed by atoms with E-state index in [1.807, 2.05) is 31.2 Å². The van der Waals surface area contributed by atoms with E-state index in [2.05, 4.69) is 86.8 Å². The summed E-state index contributed by atoms with van der Waals surface area (Å²) in [5.74, 6) is -5.92. The molecule has 10 nitrogen and oxygen atoms in total. The largest absolute Gasteiger partial charge is 0.481 e. The SMILES string of the molecule is CCCC/C=C/C=C/C=C/CCCCCCCC(=O)OC[C@H](COC(=O)CCCCCCC/C=C/[C@@H]1C=C[C@H](CCCC)[C@H](C(=O)O)[C@@H]1C(=O)O)OC(=O)CCCCCCC/C=C/C=C/C=C/CCCC. The lowest BCUT2D eigenvalue weighted by Gasteiger charge is -2.33. The fourth-order valence-corrected chi connectivity index (χ4v) is 8.49. The Morgan fingerprint density at radius 2 is 0.817 bits per heavy atom. The predicted octanol–water partition coefficient (Wildman–Crippen LogP) is 15.8. The Hall–Kier alpha value is -4.73. The van der Waals surface area contributed by atoms with E-state index in [4.69, 9.17) is 14.2 Å². The first-order valence-electron chi connectivity index (χ1n) is 27.9. The number of rotatable bonds is 45. The molecule has 0 spiro atoms. The number of hydrogen-bond acceptors (Lipinski definition) is 8. The molecule has 1 aliphatic rings. The number of carbonyl (C=O) groups is 5. The summed E-state index contributed by atoms with van der Waals surface area (Å²) in [7, 11) is 0. The third-order valence-electron chi connectivity index (χ3n) is 12.7. The van der Waals surface area contributed by atoms with Gasteiger partial charge in [0.1, 0.15) is 13.2 Å². The monoisotopic (exact) mass is 989 g/mol. The van der Waals surface area contributed by atoms with E-state index in [0.717, 1.165) is 128 Å². The van der Waals surface area contributed by atoms with Crippen molar-refractivity contribution in [1.82, 2.24) is 0 Å². The number of carbonyl (C=O) groups excluding carboxylic acids is 3. The maximum Gasteiger partial charge on any atom is 0.308 e. The maximum atomic E-state index is 12.9. The van der Waals surface area contributed by atoms with Crippen molar-refractivity contribution in [2.45, 2.75) is 219 Å². The van der Waals surface area contributed by atoms with Crippen LogP contribution in [0.15, 0.2) is 97.2 Å². The highest BCUT2D eigenvalue weighted by Gasteiger charge is 2.44. The van der Waals surface area contributed by atoms with Crippen LogP contribution >= 0.6 is 0 Å².